The number of hydrogen-bond donors (Lipinski definition) is 1. The van der Waals surface area contributed by atoms with E-state index in [1.807, 2.05) is 16.8 Å². The Morgan fingerprint density at radius 3 is 3.12 bits per heavy atom. The summed E-state index contributed by atoms with van der Waals surface area (Å²) in [7, 11) is 0. The fourth-order valence-electron chi connectivity index (χ4n) is 3.56. The van der Waals surface area contributed by atoms with Crippen LogP contribution in [0.15, 0.2) is 24.5 Å². The molecule has 24 heavy (non-hydrogen) atoms. The van der Waals surface area contributed by atoms with Gasteiger partial charge in [-0.2, -0.15) is 10.2 Å². The maximum absolute atomic E-state index is 5.51. The number of fused-ring (bicyclic) bond motifs is 1. The highest BCUT2D eigenvalue weighted by atomic mass is 16.5. The van der Waals surface area contributed by atoms with E-state index in [0.29, 0.717) is 6.61 Å². The molecule has 3 aromatic rings. The molecule has 1 fully saturated rings. The van der Waals surface area contributed by atoms with Gasteiger partial charge in [0.1, 0.15) is 5.69 Å². The van der Waals surface area contributed by atoms with Crippen LogP contribution in [0.3, 0.4) is 0 Å². The van der Waals surface area contributed by atoms with E-state index in [1.54, 1.807) is 12.4 Å². The zero-order chi connectivity index (χ0) is 15.9. The first-order chi connectivity index (χ1) is 11.9. The predicted molar refractivity (Wildman–Crippen MR) is 86.9 cm³/mol. The number of rotatable bonds is 3. The van der Waals surface area contributed by atoms with Gasteiger partial charge in [0.15, 0.2) is 11.6 Å². The third-order valence-electron chi connectivity index (χ3n) is 4.83. The van der Waals surface area contributed by atoms with Crippen molar-refractivity contribution < 1.29 is 4.74 Å². The molecule has 7 nitrogen and oxygen atoms in total. The van der Waals surface area contributed by atoms with Crippen molar-refractivity contribution in [1.82, 2.24) is 29.9 Å². The van der Waals surface area contributed by atoms with Crippen LogP contribution in [0.5, 0.6) is 0 Å². The van der Waals surface area contributed by atoms with E-state index in [2.05, 4.69) is 15.2 Å². The first-order valence-electron chi connectivity index (χ1n) is 8.42. The minimum Gasteiger partial charge on any atom is -0.381 e. The Labute approximate surface area is 139 Å². The normalized spacial score (nSPS) is 19.8. The molecule has 1 unspecified atom stereocenters. The molecule has 3 aromatic heterocycles. The lowest BCUT2D eigenvalue weighted by molar-refractivity contribution is 0.193. The molecule has 122 valence electrons. The van der Waals surface area contributed by atoms with E-state index in [1.165, 1.54) is 17.7 Å². The van der Waals surface area contributed by atoms with Gasteiger partial charge in [-0.1, -0.05) is 0 Å². The molecule has 1 atom stereocenters. The number of ether oxygens (including phenoxy) is 1. The number of pyridine rings is 1. The van der Waals surface area contributed by atoms with Crippen LogP contribution in [-0.4, -0.2) is 43.2 Å². The number of aryl methyl sites for hydroxylation is 1. The third-order valence-corrected chi connectivity index (χ3v) is 4.83. The lowest BCUT2D eigenvalue weighted by Crippen LogP contribution is -2.03. The van der Waals surface area contributed by atoms with E-state index in [0.717, 1.165) is 48.9 Å². The molecular weight excluding hydrogens is 304 g/mol. The summed E-state index contributed by atoms with van der Waals surface area (Å²) in [6, 6.07) is 3.90. The van der Waals surface area contributed by atoms with Gasteiger partial charge in [-0.25, -0.2) is 9.67 Å². The number of aromatic nitrogens is 6. The minimum atomic E-state index is 0.258. The fourth-order valence-corrected chi connectivity index (χ4v) is 3.56. The standard InChI is InChI=1S/C17H18N6O/c1-4-13-14(5-1)20-21-15(13)17-19-16(11-6-8-24-10-11)22-23(17)12-3-2-7-18-9-12/h2-3,7,9,11H,1,4-6,8,10H2,(H,20,21). The Bertz CT molecular complexity index is 863. The molecule has 0 spiro atoms. The van der Waals surface area contributed by atoms with E-state index >= 15 is 0 Å². The molecule has 0 radical (unpaired) electrons. The van der Waals surface area contributed by atoms with Gasteiger partial charge in [-0.3, -0.25) is 10.1 Å². The molecule has 5 rings (SSSR count). The summed E-state index contributed by atoms with van der Waals surface area (Å²) in [4.78, 5) is 9.07. The van der Waals surface area contributed by atoms with Crippen molar-refractivity contribution >= 4 is 0 Å². The lowest BCUT2D eigenvalue weighted by atomic mass is 10.1. The van der Waals surface area contributed by atoms with Crippen LogP contribution in [0, 0.1) is 0 Å². The Kier molecular flexibility index (Phi) is 3.19. The monoisotopic (exact) mass is 322 g/mol. The van der Waals surface area contributed by atoms with Gasteiger partial charge in [0.25, 0.3) is 0 Å². The molecule has 0 saturated carbocycles. The number of H-pyrrole nitrogens is 1. The van der Waals surface area contributed by atoms with Gasteiger partial charge in [0.2, 0.25) is 0 Å². The third kappa shape index (κ3) is 2.16. The molecule has 1 saturated heterocycles. The number of aromatic amines is 1. The average Bonchev–Trinajstić information content (AvgIpc) is 3.37. The Balaban J connectivity index is 1.66. The topological polar surface area (TPSA) is 81.5 Å². The molecule has 4 heterocycles. The molecule has 0 bridgehead atoms. The quantitative estimate of drug-likeness (QED) is 0.798. The van der Waals surface area contributed by atoms with Crippen molar-refractivity contribution in [2.24, 2.45) is 0 Å². The van der Waals surface area contributed by atoms with Crippen LogP contribution < -0.4 is 0 Å². The minimum absolute atomic E-state index is 0.258. The summed E-state index contributed by atoms with van der Waals surface area (Å²) in [6.07, 6.45) is 7.81. The van der Waals surface area contributed by atoms with Crippen molar-refractivity contribution in [1.29, 1.82) is 0 Å². The second-order valence-electron chi connectivity index (χ2n) is 6.36. The second kappa shape index (κ2) is 5.52. The summed E-state index contributed by atoms with van der Waals surface area (Å²) >= 11 is 0. The molecule has 0 amide bonds. The van der Waals surface area contributed by atoms with Gasteiger partial charge in [-0.15, -0.1) is 0 Å². The van der Waals surface area contributed by atoms with Crippen LogP contribution >= 0.6 is 0 Å². The number of nitrogens with one attached hydrogen (secondary N) is 1. The van der Waals surface area contributed by atoms with Crippen LogP contribution in [0.25, 0.3) is 17.2 Å². The molecule has 0 aromatic carbocycles. The van der Waals surface area contributed by atoms with Crippen molar-refractivity contribution in [3.63, 3.8) is 0 Å². The summed E-state index contributed by atoms with van der Waals surface area (Å²) in [6.45, 7) is 1.47. The van der Waals surface area contributed by atoms with Gasteiger partial charge in [0, 0.05) is 30.0 Å². The highest BCUT2D eigenvalue weighted by Gasteiger charge is 2.28. The molecule has 2 aliphatic rings. The second-order valence-corrected chi connectivity index (χ2v) is 6.36. The fraction of sp³-hybridized carbons (Fsp3) is 0.412. The van der Waals surface area contributed by atoms with E-state index in [9.17, 15) is 0 Å². The van der Waals surface area contributed by atoms with Crippen LogP contribution in [0.1, 0.15) is 35.8 Å². The highest BCUT2D eigenvalue weighted by Crippen LogP contribution is 2.32. The van der Waals surface area contributed by atoms with Crippen molar-refractivity contribution in [3.8, 4) is 17.2 Å². The van der Waals surface area contributed by atoms with Gasteiger partial charge < -0.3 is 4.74 Å². The van der Waals surface area contributed by atoms with Crippen LogP contribution in [0.4, 0.5) is 0 Å². The van der Waals surface area contributed by atoms with Gasteiger partial charge in [-0.05, 0) is 37.8 Å². The van der Waals surface area contributed by atoms with Gasteiger partial charge in [0.05, 0.1) is 18.5 Å². The van der Waals surface area contributed by atoms with Crippen LogP contribution in [-0.2, 0) is 17.6 Å². The highest BCUT2D eigenvalue weighted by molar-refractivity contribution is 5.60. The molecular formula is C17H18N6O. The van der Waals surface area contributed by atoms with Crippen molar-refractivity contribution in [3.05, 3.63) is 41.6 Å². The molecule has 1 aliphatic heterocycles. The zero-order valence-corrected chi connectivity index (χ0v) is 13.3. The molecule has 7 heteroatoms. The lowest BCUT2D eigenvalue weighted by Gasteiger charge is -2.04. The summed E-state index contributed by atoms with van der Waals surface area (Å²) in [5.41, 5.74) is 4.34. The number of hydrogen-bond acceptors (Lipinski definition) is 5. The number of nitrogens with zero attached hydrogens (tertiary/aromatic N) is 5. The first-order valence-corrected chi connectivity index (χ1v) is 8.42. The summed E-state index contributed by atoms with van der Waals surface area (Å²) < 4.78 is 7.38. The Hall–Kier alpha value is -2.54. The Morgan fingerprint density at radius 2 is 2.29 bits per heavy atom. The van der Waals surface area contributed by atoms with E-state index in [-0.39, 0.29) is 5.92 Å². The SMILES string of the molecule is c1cncc(-n2nc(C3CCOC3)nc2-c2n[nH]c3c2CCC3)c1. The maximum atomic E-state index is 5.51. The predicted octanol–water partition coefficient (Wildman–Crippen LogP) is 2.04. The zero-order valence-electron chi connectivity index (χ0n) is 13.3. The molecule has 1 aliphatic carbocycles. The average molecular weight is 322 g/mol. The Morgan fingerprint density at radius 1 is 1.29 bits per heavy atom. The largest absolute Gasteiger partial charge is 0.381 e. The van der Waals surface area contributed by atoms with Crippen molar-refractivity contribution in [2.45, 2.75) is 31.6 Å². The van der Waals surface area contributed by atoms with Gasteiger partial charge >= 0.3 is 0 Å². The molecule has 1 N–H and O–H groups in total. The van der Waals surface area contributed by atoms with Crippen molar-refractivity contribution in [2.75, 3.05) is 13.2 Å². The maximum Gasteiger partial charge on any atom is 0.184 e. The summed E-state index contributed by atoms with van der Waals surface area (Å²) in [5, 5.41) is 12.5. The van der Waals surface area contributed by atoms with E-state index < -0.39 is 0 Å². The smallest absolute Gasteiger partial charge is 0.184 e. The first kappa shape index (κ1) is 13.9. The van der Waals surface area contributed by atoms with E-state index in [4.69, 9.17) is 14.8 Å². The summed E-state index contributed by atoms with van der Waals surface area (Å²) in [5.74, 6) is 1.89. The van der Waals surface area contributed by atoms with Crippen LogP contribution in [0.2, 0.25) is 0 Å².